The van der Waals surface area contributed by atoms with Gasteiger partial charge in [0, 0.05) is 11.8 Å². The lowest BCUT2D eigenvalue weighted by Gasteiger charge is -2.28. The van der Waals surface area contributed by atoms with Crippen LogP contribution in [-0.2, 0) is 4.79 Å². The maximum Gasteiger partial charge on any atom is 0.255 e. The van der Waals surface area contributed by atoms with Gasteiger partial charge in [-0.3, -0.25) is 4.79 Å². The van der Waals surface area contributed by atoms with Crippen molar-refractivity contribution in [3.8, 4) is 23.0 Å². The number of allylic oxidation sites excluding steroid dienone is 1. The van der Waals surface area contributed by atoms with Crippen molar-refractivity contribution in [1.29, 1.82) is 0 Å². The predicted octanol–water partition coefficient (Wildman–Crippen LogP) is 2.33. The third-order valence-corrected chi connectivity index (χ3v) is 5.14. The average Bonchev–Trinajstić information content (AvgIpc) is 3.26. The molecule has 1 aliphatic rings. The summed E-state index contributed by atoms with van der Waals surface area (Å²) in [6, 6.07) is 9.26. The number of phenolic OH excluding ortho intramolecular Hbond substituents is 1. The second kappa shape index (κ2) is 8.46. The van der Waals surface area contributed by atoms with Crippen molar-refractivity contribution in [2.24, 2.45) is 0 Å². The smallest absolute Gasteiger partial charge is 0.255 e. The van der Waals surface area contributed by atoms with Gasteiger partial charge in [-0.25, -0.2) is 0 Å². The number of carbonyl (C=O) groups is 1. The summed E-state index contributed by atoms with van der Waals surface area (Å²) in [6.45, 7) is 1.77. The molecule has 0 fully saturated rings. The molecule has 1 atom stereocenters. The van der Waals surface area contributed by atoms with Gasteiger partial charge in [0.15, 0.2) is 11.5 Å². The summed E-state index contributed by atoms with van der Waals surface area (Å²) in [7, 11) is 4.51. The monoisotopic (exact) mass is 438 g/mol. The lowest BCUT2D eigenvalue weighted by Crippen LogP contribution is -2.31. The summed E-state index contributed by atoms with van der Waals surface area (Å²) in [6.07, 6.45) is 0. The van der Waals surface area contributed by atoms with Crippen LogP contribution < -0.4 is 24.8 Å². The van der Waals surface area contributed by atoms with E-state index in [-0.39, 0.29) is 17.4 Å². The van der Waals surface area contributed by atoms with E-state index in [1.165, 1.54) is 25.0 Å². The zero-order valence-electron chi connectivity index (χ0n) is 17.9. The number of hydrogen-bond donors (Lipinski definition) is 3. The van der Waals surface area contributed by atoms with Crippen LogP contribution in [0.3, 0.4) is 0 Å². The quantitative estimate of drug-likeness (QED) is 0.530. The molecule has 3 aromatic rings. The highest BCUT2D eigenvalue weighted by Gasteiger charge is 2.34. The Labute approximate surface area is 183 Å². The van der Waals surface area contributed by atoms with Gasteiger partial charge < -0.3 is 30.0 Å². The first-order valence-corrected chi connectivity index (χ1v) is 9.62. The topological polar surface area (TPSA) is 133 Å². The van der Waals surface area contributed by atoms with Gasteiger partial charge in [0.1, 0.15) is 17.5 Å². The Kier molecular flexibility index (Phi) is 5.54. The van der Waals surface area contributed by atoms with Gasteiger partial charge >= 0.3 is 0 Å². The number of hydrogen-bond acceptors (Lipinski definition) is 9. The summed E-state index contributed by atoms with van der Waals surface area (Å²) in [5.41, 5.74) is 2.09. The van der Waals surface area contributed by atoms with Crippen LogP contribution in [0.25, 0.3) is 0 Å². The number of phenols is 1. The van der Waals surface area contributed by atoms with E-state index in [2.05, 4.69) is 26.2 Å². The second-order valence-corrected chi connectivity index (χ2v) is 6.96. The van der Waals surface area contributed by atoms with Gasteiger partial charge in [-0.05, 0) is 47.2 Å². The van der Waals surface area contributed by atoms with Crippen molar-refractivity contribution in [2.45, 2.75) is 13.0 Å². The molecule has 0 unspecified atom stereocenters. The first kappa shape index (κ1) is 21.0. The molecule has 32 heavy (non-hydrogen) atoms. The van der Waals surface area contributed by atoms with E-state index in [9.17, 15) is 9.90 Å². The van der Waals surface area contributed by atoms with Crippen molar-refractivity contribution in [2.75, 3.05) is 32.0 Å². The van der Waals surface area contributed by atoms with Crippen molar-refractivity contribution in [3.63, 3.8) is 0 Å². The van der Waals surface area contributed by atoms with Crippen LogP contribution in [0.1, 0.15) is 18.5 Å². The third-order valence-electron chi connectivity index (χ3n) is 5.14. The van der Waals surface area contributed by atoms with Crippen LogP contribution in [0.15, 0.2) is 47.7 Å². The lowest BCUT2D eigenvalue weighted by atomic mass is 9.94. The van der Waals surface area contributed by atoms with E-state index >= 15 is 0 Å². The van der Waals surface area contributed by atoms with Crippen LogP contribution in [0.4, 0.5) is 11.6 Å². The van der Waals surface area contributed by atoms with Crippen molar-refractivity contribution >= 4 is 17.5 Å². The zero-order valence-corrected chi connectivity index (χ0v) is 17.9. The minimum Gasteiger partial charge on any atom is -0.504 e. The molecule has 2 aromatic carbocycles. The Hall–Kier alpha value is -4.28. The number of nitrogens with zero attached hydrogens (tertiary/aromatic N) is 4. The number of benzene rings is 2. The van der Waals surface area contributed by atoms with Crippen molar-refractivity contribution in [1.82, 2.24) is 20.2 Å². The average molecular weight is 438 g/mol. The number of tetrazole rings is 1. The SMILES string of the molecule is COc1ccc(NC(=O)C2=C(C)Nc3nnnn3[C@H]2c2ccc(O)c(OC)c2)c(OC)c1. The third kappa shape index (κ3) is 3.64. The van der Waals surface area contributed by atoms with Crippen molar-refractivity contribution in [3.05, 3.63) is 53.2 Å². The fourth-order valence-corrected chi connectivity index (χ4v) is 3.57. The maximum atomic E-state index is 13.5. The lowest BCUT2D eigenvalue weighted by molar-refractivity contribution is -0.113. The number of carbonyl (C=O) groups excluding carboxylic acids is 1. The van der Waals surface area contributed by atoms with E-state index < -0.39 is 6.04 Å². The number of rotatable bonds is 6. The summed E-state index contributed by atoms with van der Waals surface area (Å²) < 4.78 is 17.4. The van der Waals surface area contributed by atoms with E-state index in [0.717, 1.165) is 0 Å². The molecular weight excluding hydrogens is 416 g/mol. The van der Waals surface area contributed by atoms with Crippen LogP contribution in [0.2, 0.25) is 0 Å². The Morgan fingerprint density at radius 2 is 1.88 bits per heavy atom. The van der Waals surface area contributed by atoms with Crippen LogP contribution in [-0.4, -0.2) is 52.6 Å². The molecule has 0 saturated heterocycles. The number of fused-ring (bicyclic) bond motifs is 1. The summed E-state index contributed by atoms with van der Waals surface area (Å²) in [4.78, 5) is 13.5. The molecule has 1 aliphatic heterocycles. The molecular formula is C21H22N6O5. The molecule has 4 rings (SSSR count). The molecule has 0 aliphatic carbocycles. The highest BCUT2D eigenvalue weighted by atomic mass is 16.5. The molecule has 0 bridgehead atoms. The molecule has 11 heteroatoms. The maximum absolute atomic E-state index is 13.5. The molecule has 11 nitrogen and oxygen atoms in total. The molecule has 0 radical (unpaired) electrons. The van der Waals surface area contributed by atoms with E-state index in [4.69, 9.17) is 14.2 Å². The Morgan fingerprint density at radius 3 is 2.59 bits per heavy atom. The van der Waals surface area contributed by atoms with E-state index in [1.807, 2.05) is 0 Å². The number of aromatic hydroxyl groups is 1. The minimum atomic E-state index is -0.667. The first-order chi connectivity index (χ1) is 15.5. The van der Waals surface area contributed by atoms with Crippen LogP contribution in [0, 0.1) is 0 Å². The van der Waals surface area contributed by atoms with E-state index in [0.29, 0.717) is 40.0 Å². The number of nitrogens with one attached hydrogen (secondary N) is 2. The summed E-state index contributed by atoms with van der Waals surface area (Å²) >= 11 is 0. The van der Waals surface area contributed by atoms with Crippen molar-refractivity contribution < 1.29 is 24.1 Å². The minimum absolute atomic E-state index is 0.0169. The highest BCUT2D eigenvalue weighted by molar-refractivity contribution is 6.06. The molecule has 0 spiro atoms. The molecule has 1 amide bonds. The number of ether oxygens (including phenoxy) is 3. The molecule has 166 valence electrons. The standard InChI is InChI=1S/C21H22N6O5/c1-11-18(20(29)23-14-7-6-13(30-2)10-16(14)31-3)19(27-21(22-11)24-25-26-27)12-5-8-15(28)17(9-12)32-4/h5-10,19,28H,1-4H3,(H,23,29)(H,22,24,26)/t19-/m0/s1. The summed E-state index contributed by atoms with van der Waals surface area (Å²) in [5.74, 6) is 1.31. The normalized spacial score (nSPS) is 14.9. The van der Waals surface area contributed by atoms with Gasteiger partial charge in [-0.15, -0.1) is 0 Å². The molecule has 3 N–H and O–H groups in total. The largest absolute Gasteiger partial charge is 0.504 e. The molecule has 1 aromatic heterocycles. The summed E-state index contributed by atoms with van der Waals surface area (Å²) in [5, 5.41) is 27.7. The number of anilines is 2. The fraction of sp³-hybridized carbons (Fsp3) is 0.238. The predicted molar refractivity (Wildman–Crippen MR) is 115 cm³/mol. The number of amides is 1. The van der Waals surface area contributed by atoms with Gasteiger partial charge in [0.05, 0.1) is 32.6 Å². The zero-order chi connectivity index (χ0) is 22.8. The Bertz CT molecular complexity index is 1210. The number of methoxy groups -OCH3 is 3. The second-order valence-electron chi connectivity index (χ2n) is 6.96. The highest BCUT2D eigenvalue weighted by Crippen LogP contribution is 2.39. The molecule has 2 heterocycles. The van der Waals surface area contributed by atoms with Gasteiger partial charge in [-0.1, -0.05) is 11.2 Å². The van der Waals surface area contributed by atoms with Gasteiger partial charge in [0.25, 0.3) is 5.91 Å². The van der Waals surface area contributed by atoms with Gasteiger partial charge in [0.2, 0.25) is 5.95 Å². The Morgan fingerprint density at radius 1 is 1.09 bits per heavy atom. The van der Waals surface area contributed by atoms with Crippen LogP contribution >= 0.6 is 0 Å². The van der Waals surface area contributed by atoms with E-state index in [1.54, 1.807) is 44.4 Å². The fourth-order valence-electron chi connectivity index (χ4n) is 3.57. The van der Waals surface area contributed by atoms with Gasteiger partial charge in [-0.2, -0.15) is 4.68 Å². The van der Waals surface area contributed by atoms with Crippen LogP contribution in [0.5, 0.6) is 23.0 Å². The number of aromatic nitrogens is 4. The Balaban J connectivity index is 1.76. The first-order valence-electron chi connectivity index (χ1n) is 9.62. The molecule has 0 saturated carbocycles.